The number of nitrogens with one attached hydrogen (secondary N) is 1. The minimum atomic E-state index is -0.955. The van der Waals surface area contributed by atoms with Crippen LogP contribution in [0, 0.1) is 0 Å². The summed E-state index contributed by atoms with van der Waals surface area (Å²) in [5.74, 6) is 1.79. The average Bonchev–Trinajstić information content (AvgIpc) is 2.68. The summed E-state index contributed by atoms with van der Waals surface area (Å²) in [7, 11) is 0. The van der Waals surface area contributed by atoms with E-state index in [1.54, 1.807) is 0 Å². The van der Waals surface area contributed by atoms with Gasteiger partial charge in [-0.15, -0.1) is 10.2 Å². The molecule has 138 valence electrons. The Balaban J connectivity index is 1.60. The van der Waals surface area contributed by atoms with Crippen LogP contribution >= 0.6 is 0 Å². The van der Waals surface area contributed by atoms with Crippen molar-refractivity contribution in [1.82, 2.24) is 15.5 Å². The number of morpholine rings is 1. The molecule has 4 rings (SSSR count). The van der Waals surface area contributed by atoms with Gasteiger partial charge < -0.3 is 25.0 Å². The van der Waals surface area contributed by atoms with Crippen LogP contribution in [0.1, 0.15) is 12.8 Å². The van der Waals surface area contributed by atoms with Gasteiger partial charge in [-0.1, -0.05) is 24.3 Å². The Bertz CT molecular complexity index is 785. The summed E-state index contributed by atoms with van der Waals surface area (Å²) < 4.78 is 5.44. The lowest BCUT2D eigenvalue weighted by Crippen LogP contribution is -2.44. The zero-order valence-corrected chi connectivity index (χ0v) is 14.6. The van der Waals surface area contributed by atoms with E-state index in [1.165, 1.54) is 0 Å². The van der Waals surface area contributed by atoms with E-state index >= 15 is 0 Å². The van der Waals surface area contributed by atoms with Gasteiger partial charge in [0.15, 0.2) is 11.6 Å². The minimum absolute atomic E-state index is 0.00981. The second-order valence-corrected chi connectivity index (χ2v) is 6.70. The molecule has 3 heterocycles. The van der Waals surface area contributed by atoms with Gasteiger partial charge in [0.25, 0.3) is 0 Å². The summed E-state index contributed by atoms with van der Waals surface area (Å²) in [6.45, 7) is 4.60. The highest BCUT2D eigenvalue weighted by molar-refractivity contribution is 5.99. The molecular weight excluding hydrogens is 334 g/mol. The lowest BCUT2D eigenvalue weighted by atomic mass is 10.0. The number of amides is 1. The van der Waals surface area contributed by atoms with Crippen molar-refractivity contribution in [3.05, 3.63) is 24.3 Å². The summed E-state index contributed by atoms with van der Waals surface area (Å²) in [5, 5.41) is 22.7. The number of rotatable bonds is 3. The second-order valence-electron chi connectivity index (χ2n) is 6.70. The van der Waals surface area contributed by atoms with Gasteiger partial charge in [-0.25, -0.2) is 4.79 Å². The Labute approximate surface area is 151 Å². The molecule has 2 saturated heterocycles. The molecule has 2 fully saturated rings. The summed E-state index contributed by atoms with van der Waals surface area (Å²) in [6.07, 6.45) is 0.588. The van der Waals surface area contributed by atoms with Crippen molar-refractivity contribution in [3.8, 4) is 0 Å². The van der Waals surface area contributed by atoms with Crippen molar-refractivity contribution >= 4 is 28.5 Å². The van der Waals surface area contributed by atoms with Gasteiger partial charge in [-0.3, -0.25) is 0 Å². The molecule has 2 N–H and O–H groups in total. The maximum Gasteiger partial charge on any atom is 0.404 e. The fourth-order valence-corrected chi connectivity index (χ4v) is 3.73. The number of hydrogen-bond acceptors (Lipinski definition) is 6. The van der Waals surface area contributed by atoms with E-state index in [4.69, 9.17) is 9.84 Å². The van der Waals surface area contributed by atoms with Gasteiger partial charge in [-0.05, 0) is 12.8 Å². The molecule has 1 amide bonds. The van der Waals surface area contributed by atoms with E-state index in [0.717, 1.165) is 61.4 Å². The topological polar surface area (TPSA) is 90.8 Å². The van der Waals surface area contributed by atoms with Gasteiger partial charge in [0.1, 0.15) is 0 Å². The Morgan fingerprint density at radius 3 is 2.08 bits per heavy atom. The molecule has 0 atom stereocenters. The molecule has 0 aliphatic carbocycles. The van der Waals surface area contributed by atoms with Crippen LogP contribution in [-0.2, 0) is 4.74 Å². The summed E-state index contributed by atoms with van der Waals surface area (Å²) in [6, 6.07) is 8.24. The third-order valence-corrected chi connectivity index (χ3v) is 5.08. The number of piperidine rings is 1. The van der Waals surface area contributed by atoms with Crippen molar-refractivity contribution in [2.75, 3.05) is 49.2 Å². The number of nitrogens with zero attached hydrogens (tertiary/aromatic N) is 4. The molecule has 2 aliphatic rings. The first kappa shape index (κ1) is 16.8. The molecule has 0 unspecified atom stereocenters. The zero-order valence-electron chi connectivity index (χ0n) is 14.6. The van der Waals surface area contributed by atoms with Crippen molar-refractivity contribution < 1.29 is 14.6 Å². The van der Waals surface area contributed by atoms with Crippen LogP contribution in [0.25, 0.3) is 10.8 Å². The number of benzene rings is 1. The number of carbonyl (C=O) groups is 1. The highest BCUT2D eigenvalue weighted by atomic mass is 16.5. The SMILES string of the molecule is O=C(O)NC1CCN(c2nnc(N3CCOCC3)c3ccccc23)CC1. The van der Waals surface area contributed by atoms with E-state index in [0.29, 0.717) is 13.2 Å². The first-order valence-corrected chi connectivity index (χ1v) is 9.05. The van der Waals surface area contributed by atoms with E-state index in [-0.39, 0.29) is 6.04 Å². The van der Waals surface area contributed by atoms with Crippen LogP contribution in [0.2, 0.25) is 0 Å². The molecule has 8 heteroatoms. The number of fused-ring (bicyclic) bond motifs is 1. The van der Waals surface area contributed by atoms with Crippen LogP contribution in [0.4, 0.5) is 16.4 Å². The van der Waals surface area contributed by atoms with Gasteiger partial charge >= 0.3 is 6.09 Å². The van der Waals surface area contributed by atoms with Crippen LogP contribution < -0.4 is 15.1 Å². The average molecular weight is 357 g/mol. The molecule has 1 aromatic heterocycles. The first-order valence-electron chi connectivity index (χ1n) is 9.05. The number of hydrogen-bond donors (Lipinski definition) is 2. The lowest BCUT2D eigenvalue weighted by molar-refractivity contribution is 0.122. The normalized spacial score (nSPS) is 18.9. The molecule has 26 heavy (non-hydrogen) atoms. The molecule has 8 nitrogen and oxygen atoms in total. The van der Waals surface area contributed by atoms with E-state index in [9.17, 15) is 4.79 Å². The number of ether oxygens (including phenoxy) is 1. The largest absolute Gasteiger partial charge is 0.465 e. The van der Waals surface area contributed by atoms with E-state index in [2.05, 4.69) is 37.4 Å². The van der Waals surface area contributed by atoms with Crippen LogP contribution in [-0.4, -0.2) is 66.8 Å². The van der Waals surface area contributed by atoms with Crippen LogP contribution in [0.5, 0.6) is 0 Å². The summed E-state index contributed by atoms with van der Waals surface area (Å²) in [5.41, 5.74) is 0. The van der Waals surface area contributed by atoms with Crippen LogP contribution in [0.3, 0.4) is 0 Å². The third-order valence-electron chi connectivity index (χ3n) is 5.08. The highest BCUT2D eigenvalue weighted by Crippen LogP contribution is 2.31. The molecule has 2 aromatic rings. The third kappa shape index (κ3) is 3.37. The molecule has 0 radical (unpaired) electrons. The van der Waals surface area contributed by atoms with Gasteiger partial charge in [-0.2, -0.15) is 0 Å². The van der Waals surface area contributed by atoms with Crippen molar-refractivity contribution in [2.45, 2.75) is 18.9 Å². The molecule has 0 bridgehead atoms. The summed E-state index contributed by atoms with van der Waals surface area (Å²) >= 11 is 0. The van der Waals surface area contributed by atoms with Crippen molar-refractivity contribution in [1.29, 1.82) is 0 Å². The Morgan fingerprint density at radius 1 is 1.00 bits per heavy atom. The molecular formula is C18H23N5O3. The van der Waals surface area contributed by atoms with Crippen LogP contribution in [0.15, 0.2) is 24.3 Å². The van der Waals surface area contributed by atoms with Crippen molar-refractivity contribution in [2.24, 2.45) is 0 Å². The number of aromatic nitrogens is 2. The van der Waals surface area contributed by atoms with Gasteiger partial charge in [0.05, 0.1) is 13.2 Å². The number of carboxylic acid groups (broad SMARTS) is 1. The number of anilines is 2. The smallest absolute Gasteiger partial charge is 0.404 e. The maximum atomic E-state index is 10.8. The fourth-order valence-electron chi connectivity index (χ4n) is 3.73. The minimum Gasteiger partial charge on any atom is -0.465 e. The standard InChI is InChI=1S/C18H23N5O3/c24-18(25)19-13-5-7-22(8-6-13)16-14-3-1-2-4-15(14)17(21-20-16)23-9-11-26-12-10-23/h1-4,13,19H,5-12H2,(H,24,25). The fraction of sp³-hybridized carbons (Fsp3) is 0.500. The van der Waals surface area contributed by atoms with Gasteiger partial charge in [0, 0.05) is 43.0 Å². The van der Waals surface area contributed by atoms with Gasteiger partial charge in [0.2, 0.25) is 0 Å². The second kappa shape index (κ2) is 7.33. The zero-order chi connectivity index (χ0) is 17.9. The Hall–Kier alpha value is -2.61. The summed E-state index contributed by atoms with van der Waals surface area (Å²) in [4.78, 5) is 15.3. The predicted octanol–water partition coefficient (Wildman–Crippen LogP) is 1.70. The lowest BCUT2D eigenvalue weighted by Gasteiger charge is -2.34. The Kier molecular flexibility index (Phi) is 4.75. The molecule has 1 aromatic carbocycles. The maximum absolute atomic E-state index is 10.8. The predicted molar refractivity (Wildman–Crippen MR) is 99.0 cm³/mol. The van der Waals surface area contributed by atoms with Crippen molar-refractivity contribution in [3.63, 3.8) is 0 Å². The van der Waals surface area contributed by atoms with E-state index in [1.807, 2.05) is 12.1 Å². The highest BCUT2D eigenvalue weighted by Gasteiger charge is 2.24. The monoisotopic (exact) mass is 357 g/mol. The molecule has 2 aliphatic heterocycles. The quantitative estimate of drug-likeness (QED) is 0.864. The first-order chi connectivity index (χ1) is 12.7. The van der Waals surface area contributed by atoms with E-state index < -0.39 is 6.09 Å². The molecule has 0 spiro atoms. The molecule has 0 saturated carbocycles. The Morgan fingerprint density at radius 2 is 1.54 bits per heavy atom.